The first-order valence-electron chi connectivity index (χ1n) is 18.3. The van der Waals surface area contributed by atoms with Crippen LogP contribution in [0.25, 0.3) is 5.57 Å². The number of ether oxygens (including phenoxy) is 1. The maximum atomic E-state index is 14.0. The number of aliphatic hydroxyl groups excluding tert-OH is 2. The summed E-state index contributed by atoms with van der Waals surface area (Å²) in [5, 5.41) is 36.2. The molecule has 0 amide bonds. The number of carbonyl (C=O) groups excluding carboxylic acids is 1. The highest BCUT2D eigenvalue weighted by Gasteiger charge is 2.38. The number of aryl methyl sites for hydroxylation is 3. The highest BCUT2D eigenvalue weighted by atomic mass is 31.2. The molecule has 0 bridgehead atoms. The van der Waals surface area contributed by atoms with Crippen LogP contribution in [0.4, 0.5) is 10.1 Å². The molecule has 2 aliphatic rings. The maximum absolute atomic E-state index is 14.0. The van der Waals surface area contributed by atoms with Crippen LogP contribution in [-0.4, -0.2) is 70.5 Å². The smallest absolute Gasteiger partial charge is 0.323 e. The van der Waals surface area contributed by atoms with Gasteiger partial charge in [0.1, 0.15) is 19.2 Å². The van der Waals surface area contributed by atoms with Crippen LogP contribution in [0.3, 0.4) is 0 Å². The number of rotatable bonds is 15. The Morgan fingerprint density at radius 2 is 1.66 bits per heavy atom. The second kappa shape index (κ2) is 18.8. The van der Waals surface area contributed by atoms with Gasteiger partial charge in [0, 0.05) is 30.5 Å². The molecule has 5 unspecified atom stereocenters. The molecule has 1 aliphatic carbocycles. The van der Waals surface area contributed by atoms with Gasteiger partial charge in [-0.2, -0.15) is 0 Å². The third-order valence-corrected chi connectivity index (χ3v) is 11.4. The third-order valence-electron chi connectivity index (χ3n) is 9.36. The number of aliphatic carboxylic acids is 1. The van der Waals surface area contributed by atoms with Crippen molar-refractivity contribution < 1.29 is 38.6 Å². The quantitative estimate of drug-likeness (QED) is 0.0782. The number of aliphatic hydroxyl groups is 2. The van der Waals surface area contributed by atoms with Gasteiger partial charge in [-0.1, -0.05) is 54.6 Å². The zero-order valence-corrected chi connectivity index (χ0v) is 32.4. The van der Waals surface area contributed by atoms with Crippen molar-refractivity contribution in [3.05, 3.63) is 118 Å². The third kappa shape index (κ3) is 12.8. The van der Waals surface area contributed by atoms with Gasteiger partial charge in [-0.05, 0) is 117 Å². The SMILES string of the molecule is CC(C)OC(=O)C(C)NP(C)(=O)CCc1ccc2c(c1)C(c1ccc(F)cc1)=C(/C=C/C(O)CC(O)CC(=O)O)C(C1CC1)N2.Cc1ccccc1C. The van der Waals surface area contributed by atoms with E-state index in [1.165, 1.54) is 23.3 Å². The summed E-state index contributed by atoms with van der Waals surface area (Å²) < 4.78 is 32.6. The molecule has 286 valence electrons. The largest absolute Gasteiger partial charge is 0.481 e. The van der Waals surface area contributed by atoms with Crippen molar-refractivity contribution >= 4 is 30.5 Å². The first kappa shape index (κ1) is 41.7. The van der Waals surface area contributed by atoms with Gasteiger partial charge in [0.25, 0.3) is 0 Å². The predicted octanol–water partition coefficient (Wildman–Crippen LogP) is 7.66. The van der Waals surface area contributed by atoms with E-state index in [0.717, 1.165) is 46.4 Å². The molecule has 1 aliphatic heterocycles. The predicted molar refractivity (Wildman–Crippen MR) is 209 cm³/mol. The molecule has 53 heavy (non-hydrogen) atoms. The van der Waals surface area contributed by atoms with Gasteiger partial charge >= 0.3 is 11.9 Å². The van der Waals surface area contributed by atoms with Crippen molar-refractivity contribution in [1.82, 2.24) is 5.09 Å². The Morgan fingerprint density at radius 1 is 1.02 bits per heavy atom. The molecule has 3 aromatic rings. The molecule has 5 atom stereocenters. The minimum absolute atomic E-state index is 0.0667. The standard InChI is InChI=1S/C34H44FN2O7P.C8H10/c1-20(2)44-34(42)21(3)37-45(4,43)16-15-22-5-14-30-29(17-22)32(23-8-10-25(35)11-9-23)28(33(36-30)24-6-7-24)13-12-26(38)18-27(39)19-31(40)41;1-7-5-3-4-6-8(7)2/h5,8-14,17,20-21,24,26-27,33,36,38-39H,6-7,15-16,18-19H2,1-4H3,(H,37,43)(H,40,41);3-6H,1-2H3/b13-12+;. The molecule has 0 saturated heterocycles. The maximum Gasteiger partial charge on any atom is 0.323 e. The van der Waals surface area contributed by atoms with Crippen LogP contribution in [-0.2, 0) is 25.3 Å². The fourth-order valence-corrected chi connectivity index (χ4v) is 8.03. The number of esters is 1. The van der Waals surface area contributed by atoms with Crippen LogP contribution in [0.2, 0.25) is 0 Å². The number of carboxylic acids is 1. The molecular formula is C42H54FN2O7P. The Bertz CT molecular complexity index is 1820. The lowest BCUT2D eigenvalue weighted by molar-refractivity contribution is -0.149. The molecule has 5 N–H and O–H groups in total. The number of benzene rings is 3. The van der Waals surface area contributed by atoms with Crippen LogP contribution in [0, 0.1) is 25.6 Å². The van der Waals surface area contributed by atoms with E-state index in [2.05, 4.69) is 48.5 Å². The molecule has 1 fully saturated rings. The van der Waals surface area contributed by atoms with E-state index < -0.39 is 43.9 Å². The normalized spacial score (nSPS) is 18.3. The van der Waals surface area contributed by atoms with E-state index in [0.29, 0.717) is 18.5 Å². The summed E-state index contributed by atoms with van der Waals surface area (Å²) in [4.78, 5) is 23.2. The van der Waals surface area contributed by atoms with Crippen molar-refractivity contribution in [1.29, 1.82) is 0 Å². The van der Waals surface area contributed by atoms with Crippen molar-refractivity contribution in [2.24, 2.45) is 5.92 Å². The lowest BCUT2D eigenvalue weighted by Gasteiger charge is -2.32. The number of hydrogen-bond acceptors (Lipinski definition) is 7. The monoisotopic (exact) mass is 748 g/mol. The van der Waals surface area contributed by atoms with Gasteiger partial charge in [0.15, 0.2) is 0 Å². The lowest BCUT2D eigenvalue weighted by Crippen LogP contribution is -2.35. The molecule has 3 aromatic carbocycles. The molecule has 9 nitrogen and oxygen atoms in total. The average Bonchev–Trinajstić information content (AvgIpc) is 3.93. The van der Waals surface area contributed by atoms with Crippen LogP contribution >= 0.6 is 7.29 Å². The molecule has 11 heteroatoms. The van der Waals surface area contributed by atoms with E-state index in [1.54, 1.807) is 45.6 Å². The molecule has 0 radical (unpaired) electrons. The Labute approximate surface area is 312 Å². The van der Waals surface area contributed by atoms with Gasteiger partial charge in [-0.3, -0.25) is 14.7 Å². The van der Waals surface area contributed by atoms with Crippen molar-refractivity contribution in [2.75, 3.05) is 18.1 Å². The number of carboxylic acid groups (broad SMARTS) is 1. The van der Waals surface area contributed by atoms with Gasteiger partial charge in [0.2, 0.25) is 0 Å². The number of anilines is 1. The van der Waals surface area contributed by atoms with E-state index >= 15 is 0 Å². The summed E-state index contributed by atoms with van der Waals surface area (Å²) in [5.74, 6) is -1.59. The summed E-state index contributed by atoms with van der Waals surface area (Å²) in [7, 11) is -2.90. The zero-order chi connectivity index (χ0) is 38.9. The fraction of sp³-hybridized carbons (Fsp3) is 0.429. The van der Waals surface area contributed by atoms with E-state index in [-0.39, 0.29) is 24.4 Å². The highest BCUT2D eigenvalue weighted by molar-refractivity contribution is 7.61. The topological polar surface area (TPSA) is 145 Å². The Balaban J connectivity index is 0.000000692. The first-order valence-corrected chi connectivity index (χ1v) is 20.6. The molecule has 0 aromatic heterocycles. The number of nitrogens with one attached hydrogen (secondary N) is 2. The minimum atomic E-state index is -2.90. The average molecular weight is 749 g/mol. The zero-order valence-electron chi connectivity index (χ0n) is 31.5. The molecule has 1 heterocycles. The van der Waals surface area contributed by atoms with Gasteiger partial charge in [-0.15, -0.1) is 0 Å². The van der Waals surface area contributed by atoms with Crippen LogP contribution < -0.4 is 10.4 Å². The Morgan fingerprint density at radius 3 is 2.23 bits per heavy atom. The second-order valence-corrected chi connectivity index (χ2v) is 17.5. The lowest BCUT2D eigenvalue weighted by atomic mass is 9.82. The summed E-state index contributed by atoms with van der Waals surface area (Å²) >= 11 is 0. The fourth-order valence-electron chi connectivity index (χ4n) is 6.29. The van der Waals surface area contributed by atoms with Gasteiger partial charge in [-0.25, -0.2) is 4.39 Å². The van der Waals surface area contributed by atoms with Crippen LogP contribution in [0.15, 0.2) is 84.5 Å². The number of fused-ring (bicyclic) bond motifs is 1. The first-order chi connectivity index (χ1) is 25.0. The van der Waals surface area contributed by atoms with Crippen molar-refractivity contribution in [2.45, 2.75) is 97.1 Å². The minimum Gasteiger partial charge on any atom is -0.481 e. The van der Waals surface area contributed by atoms with Gasteiger partial charge < -0.3 is 29.9 Å². The molecule has 5 rings (SSSR count). The highest BCUT2D eigenvalue weighted by Crippen LogP contribution is 2.47. The summed E-state index contributed by atoms with van der Waals surface area (Å²) in [6.07, 6.45) is 3.14. The number of halogens is 1. The molecule has 0 spiro atoms. The van der Waals surface area contributed by atoms with E-state index in [9.17, 15) is 28.8 Å². The summed E-state index contributed by atoms with van der Waals surface area (Å²) in [5.41, 5.74) is 8.03. The second-order valence-electron chi connectivity index (χ2n) is 14.6. The summed E-state index contributed by atoms with van der Waals surface area (Å²) in [6.45, 7) is 11.0. The summed E-state index contributed by atoms with van der Waals surface area (Å²) in [6, 6.07) is 19.8. The van der Waals surface area contributed by atoms with Gasteiger partial charge in [0.05, 0.1) is 30.8 Å². The van der Waals surface area contributed by atoms with Crippen LogP contribution in [0.5, 0.6) is 0 Å². The van der Waals surface area contributed by atoms with E-state index in [4.69, 9.17) is 9.84 Å². The molecule has 1 saturated carbocycles. The molecular weight excluding hydrogens is 694 g/mol. The van der Waals surface area contributed by atoms with Crippen LogP contribution in [0.1, 0.15) is 74.3 Å². The van der Waals surface area contributed by atoms with Crippen molar-refractivity contribution in [3.63, 3.8) is 0 Å². The Kier molecular flexibility index (Phi) is 14.8. The number of hydrogen-bond donors (Lipinski definition) is 5. The Hall–Kier alpha value is -4.08. The van der Waals surface area contributed by atoms with Crippen molar-refractivity contribution in [3.8, 4) is 0 Å². The van der Waals surface area contributed by atoms with E-state index in [1.807, 2.05) is 24.3 Å². The number of carbonyl (C=O) groups is 2.